The molecule has 0 bridgehead atoms. The van der Waals surface area contributed by atoms with E-state index in [4.69, 9.17) is 9.84 Å². The zero-order valence-corrected chi connectivity index (χ0v) is 17.8. The fourth-order valence-electron chi connectivity index (χ4n) is 1.74. The van der Waals surface area contributed by atoms with E-state index in [0.29, 0.717) is 15.1 Å². The molecule has 0 saturated heterocycles. The van der Waals surface area contributed by atoms with E-state index in [9.17, 15) is 9.90 Å². The van der Waals surface area contributed by atoms with Crippen LogP contribution in [0.3, 0.4) is 0 Å². The number of benzene rings is 2. The summed E-state index contributed by atoms with van der Waals surface area (Å²) in [5.74, 6) is 0.100. The molecule has 7 heteroatoms. The highest BCUT2D eigenvalue weighted by Gasteiger charge is 2.18. The highest BCUT2D eigenvalue weighted by Crippen LogP contribution is 2.36. The van der Waals surface area contributed by atoms with E-state index in [1.165, 1.54) is 0 Å². The van der Waals surface area contributed by atoms with Crippen LogP contribution in [0.1, 0.15) is 18.4 Å². The number of rotatable bonds is 4. The van der Waals surface area contributed by atoms with Crippen LogP contribution in [0.5, 0.6) is 17.2 Å². The first-order chi connectivity index (χ1) is 10.3. The summed E-state index contributed by atoms with van der Waals surface area (Å²) in [6, 6.07) is 8.66. The molecular formula is C15H11I3O4. The summed E-state index contributed by atoms with van der Waals surface area (Å²) < 4.78 is 8.28. The number of carboxylic acid groups (broad SMARTS) is 1. The van der Waals surface area contributed by atoms with Crippen molar-refractivity contribution in [3.63, 3.8) is 0 Å². The number of hydrogen-bond donors (Lipinski definition) is 2. The van der Waals surface area contributed by atoms with E-state index in [2.05, 4.69) is 45.2 Å². The number of carbonyl (C=O) groups is 1. The second-order valence-electron chi connectivity index (χ2n) is 4.59. The van der Waals surface area contributed by atoms with Gasteiger partial charge < -0.3 is 14.9 Å². The van der Waals surface area contributed by atoms with Gasteiger partial charge in [-0.3, -0.25) is 4.79 Å². The van der Waals surface area contributed by atoms with Gasteiger partial charge in [0, 0.05) is 0 Å². The van der Waals surface area contributed by atoms with Gasteiger partial charge >= 0.3 is 5.97 Å². The van der Waals surface area contributed by atoms with E-state index < -0.39 is 11.9 Å². The number of carboxylic acids is 1. The summed E-state index contributed by atoms with van der Waals surface area (Å²) in [5, 5.41) is 18.7. The Morgan fingerprint density at radius 1 is 1.09 bits per heavy atom. The normalized spacial score (nSPS) is 12.0. The van der Waals surface area contributed by atoms with Gasteiger partial charge in [0.2, 0.25) is 0 Å². The van der Waals surface area contributed by atoms with E-state index in [1.54, 1.807) is 25.1 Å². The highest BCUT2D eigenvalue weighted by atomic mass is 127. The number of ether oxygens (including phenoxy) is 1. The second kappa shape index (κ2) is 7.51. The Morgan fingerprint density at radius 2 is 1.68 bits per heavy atom. The monoisotopic (exact) mass is 636 g/mol. The van der Waals surface area contributed by atoms with Crippen LogP contribution in [0.15, 0.2) is 30.3 Å². The molecule has 0 spiro atoms. The predicted octanol–water partition coefficient (Wildman–Crippen LogP) is 5.19. The average molecular weight is 636 g/mol. The quantitative estimate of drug-likeness (QED) is 0.455. The summed E-state index contributed by atoms with van der Waals surface area (Å²) in [7, 11) is 0. The molecule has 0 unspecified atom stereocenters. The fourth-order valence-corrected chi connectivity index (χ4v) is 4.26. The molecule has 4 nitrogen and oxygen atoms in total. The Bertz CT molecular complexity index is 708. The molecule has 0 amide bonds. The van der Waals surface area contributed by atoms with Crippen LogP contribution < -0.4 is 4.74 Å². The molecule has 0 radical (unpaired) electrons. The van der Waals surface area contributed by atoms with Gasteiger partial charge in [0.15, 0.2) is 5.75 Å². The molecule has 2 rings (SSSR count). The molecule has 0 aliphatic carbocycles. The van der Waals surface area contributed by atoms with Crippen molar-refractivity contribution in [1.29, 1.82) is 0 Å². The molecule has 0 fully saturated rings. The summed E-state index contributed by atoms with van der Waals surface area (Å²) in [5.41, 5.74) is 0.744. The van der Waals surface area contributed by atoms with Gasteiger partial charge in [0.1, 0.15) is 11.5 Å². The van der Waals surface area contributed by atoms with Gasteiger partial charge in [-0.15, -0.1) is 0 Å². The van der Waals surface area contributed by atoms with Crippen molar-refractivity contribution in [2.45, 2.75) is 12.8 Å². The molecule has 0 aliphatic rings. The Balaban J connectivity index is 2.36. The van der Waals surface area contributed by atoms with Crippen LogP contribution in [0, 0.1) is 10.7 Å². The van der Waals surface area contributed by atoms with Gasteiger partial charge in [-0.25, -0.2) is 0 Å². The van der Waals surface area contributed by atoms with E-state index in [-0.39, 0.29) is 5.75 Å². The van der Waals surface area contributed by atoms with Crippen molar-refractivity contribution in [2.75, 3.05) is 0 Å². The summed E-state index contributed by atoms with van der Waals surface area (Å²) in [6.45, 7) is 1.66. The summed E-state index contributed by atoms with van der Waals surface area (Å²) in [6.07, 6.45) is 0. The maximum atomic E-state index is 11.1. The smallest absolute Gasteiger partial charge is 0.310 e. The average Bonchev–Trinajstić information content (AvgIpc) is 2.45. The van der Waals surface area contributed by atoms with Crippen LogP contribution in [0.4, 0.5) is 0 Å². The van der Waals surface area contributed by atoms with Gasteiger partial charge in [-0.1, -0.05) is 0 Å². The lowest BCUT2D eigenvalue weighted by molar-refractivity contribution is -0.138. The maximum Gasteiger partial charge on any atom is 0.310 e. The summed E-state index contributed by atoms with van der Waals surface area (Å²) in [4.78, 5) is 11.1. The highest BCUT2D eigenvalue weighted by molar-refractivity contribution is 14.1. The van der Waals surface area contributed by atoms with Crippen LogP contribution >= 0.6 is 67.8 Å². The molecule has 116 valence electrons. The molecule has 0 heterocycles. The Morgan fingerprint density at radius 3 is 2.18 bits per heavy atom. The third-order valence-corrected chi connectivity index (χ3v) is 5.50. The van der Waals surface area contributed by atoms with Crippen LogP contribution in [-0.2, 0) is 4.79 Å². The molecule has 2 aromatic rings. The number of phenolic OH excluding ortho intramolecular Hbond substituents is 1. The number of halogens is 3. The molecule has 22 heavy (non-hydrogen) atoms. The van der Waals surface area contributed by atoms with E-state index in [1.807, 2.05) is 34.7 Å². The Labute approximate surface area is 168 Å². The zero-order valence-electron chi connectivity index (χ0n) is 11.3. The van der Waals surface area contributed by atoms with Crippen molar-refractivity contribution in [2.24, 2.45) is 0 Å². The van der Waals surface area contributed by atoms with Gasteiger partial charge in [0.25, 0.3) is 0 Å². The van der Waals surface area contributed by atoms with Crippen molar-refractivity contribution in [1.82, 2.24) is 0 Å². The molecule has 2 N–H and O–H groups in total. The van der Waals surface area contributed by atoms with Crippen LogP contribution in [0.25, 0.3) is 0 Å². The van der Waals surface area contributed by atoms with Crippen molar-refractivity contribution in [3.8, 4) is 17.2 Å². The van der Waals surface area contributed by atoms with Gasteiger partial charge in [-0.05, 0) is 111 Å². The Kier molecular flexibility index (Phi) is 6.16. The minimum absolute atomic E-state index is 0.211. The Hall–Kier alpha value is -0.300. The predicted molar refractivity (Wildman–Crippen MR) is 109 cm³/mol. The maximum absolute atomic E-state index is 11.1. The lowest BCUT2D eigenvalue weighted by Crippen LogP contribution is -2.08. The van der Waals surface area contributed by atoms with Crippen LogP contribution in [-0.4, -0.2) is 16.2 Å². The van der Waals surface area contributed by atoms with Crippen molar-refractivity contribution in [3.05, 3.63) is 46.6 Å². The lowest BCUT2D eigenvalue weighted by atomic mass is 10.0. The number of aromatic hydroxyl groups is 1. The first kappa shape index (κ1) is 18.0. The van der Waals surface area contributed by atoms with Crippen molar-refractivity contribution < 1.29 is 19.7 Å². The molecule has 0 aliphatic heterocycles. The van der Waals surface area contributed by atoms with Gasteiger partial charge in [-0.2, -0.15) is 0 Å². The molecule has 1 atom stereocenters. The lowest BCUT2D eigenvalue weighted by Gasteiger charge is -2.14. The second-order valence-corrected chi connectivity index (χ2v) is 8.08. The summed E-state index contributed by atoms with van der Waals surface area (Å²) >= 11 is 6.31. The number of aliphatic carboxylic acids is 1. The third-order valence-electron chi connectivity index (χ3n) is 3.03. The third kappa shape index (κ3) is 4.16. The topological polar surface area (TPSA) is 66.8 Å². The standard InChI is InChI=1S/C15H11I3O4/c1-7(15(20)21)8-4-11(17)14(12(18)5-8)22-9-2-3-13(19)10(16)6-9/h2-7,19H,1H3,(H,20,21)/t7-/m1/s1. The van der Waals surface area contributed by atoms with E-state index in [0.717, 1.165) is 12.7 Å². The largest absolute Gasteiger partial charge is 0.507 e. The molecule has 0 aromatic heterocycles. The zero-order chi connectivity index (χ0) is 16.4. The number of hydrogen-bond acceptors (Lipinski definition) is 3. The fraction of sp³-hybridized carbons (Fsp3) is 0.133. The molecule has 0 saturated carbocycles. The minimum Gasteiger partial charge on any atom is -0.507 e. The van der Waals surface area contributed by atoms with E-state index >= 15 is 0 Å². The van der Waals surface area contributed by atoms with Gasteiger partial charge in [0.05, 0.1) is 16.6 Å². The van der Waals surface area contributed by atoms with Crippen LogP contribution in [0.2, 0.25) is 0 Å². The molecule has 2 aromatic carbocycles. The van der Waals surface area contributed by atoms with Crippen molar-refractivity contribution >= 4 is 73.7 Å². The molecular weight excluding hydrogens is 625 g/mol. The first-order valence-corrected chi connectivity index (χ1v) is 9.41. The minimum atomic E-state index is -0.853. The first-order valence-electron chi connectivity index (χ1n) is 6.17. The number of phenols is 1. The SMILES string of the molecule is C[C@@H](C(=O)O)c1cc(I)c(Oc2ccc(O)c(I)c2)c(I)c1.